The molecule has 2 rings (SSSR count). The number of furan rings is 1. The highest BCUT2D eigenvalue weighted by Gasteiger charge is 2.28. The molecule has 0 saturated heterocycles. The van der Waals surface area contributed by atoms with Gasteiger partial charge in [0, 0.05) is 16.8 Å². The molecule has 0 aliphatic rings. The molecule has 2 aromatic rings. The summed E-state index contributed by atoms with van der Waals surface area (Å²) in [4.78, 5) is 24.2. The zero-order chi connectivity index (χ0) is 16.7. The van der Waals surface area contributed by atoms with Gasteiger partial charge in [-0.05, 0) is 28.1 Å². The van der Waals surface area contributed by atoms with Crippen molar-refractivity contribution in [3.8, 4) is 5.75 Å². The Morgan fingerprint density at radius 3 is 2.41 bits per heavy atom. The van der Waals surface area contributed by atoms with Gasteiger partial charge in [-0.3, -0.25) is 9.59 Å². The second-order valence-corrected chi connectivity index (χ2v) is 6.87. The smallest absolute Gasteiger partial charge is 0.229 e. The number of ether oxygens (including phenoxy) is 1. The lowest BCUT2D eigenvalue weighted by Gasteiger charge is -2.17. The monoisotopic (exact) mass is 367 g/mol. The molecule has 1 N–H and O–H groups in total. The van der Waals surface area contributed by atoms with Crippen LogP contribution in [-0.4, -0.2) is 18.8 Å². The number of hydrogen-bond donors (Lipinski definition) is 1. The zero-order valence-electron chi connectivity index (χ0n) is 13.2. The van der Waals surface area contributed by atoms with E-state index in [9.17, 15) is 9.59 Å². The van der Waals surface area contributed by atoms with Crippen LogP contribution in [0.25, 0.3) is 11.0 Å². The molecule has 0 radical (unpaired) electrons. The quantitative estimate of drug-likeness (QED) is 0.816. The summed E-state index contributed by atoms with van der Waals surface area (Å²) in [5.74, 6) is 0.136. The van der Waals surface area contributed by atoms with Crippen LogP contribution in [-0.2, 0) is 4.79 Å². The number of methoxy groups -OCH3 is 1. The molecule has 0 aliphatic carbocycles. The van der Waals surface area contributed by atoms with Gasteiger partial charge in [0.2, 0.25) is 5.91 Å². The Hall–Kier alpha value is -1.82. The maximum atomic E-state index is 12.3. The number of ketones is 1. The van der Waals surface area contributed by atoms with Gasteiger partial charge in [0.05, 0.1) is 12.5 Å². The van der Waals surface area contributed by atoms with Crippen molar-refractivity contribution in [2.75, 3.05) is 12.4 Å². The summed E-state index contributed by atoms with van der Waals surface area (Å²) in [5, 5.41) is 3.42. The third kappa shape index (κ3) is 2.88. The number of carbonyl (C=O) groups is 2. The summed E-state index contributed by atoms with van der Waals surface area (Å²) in [7, 11) is 1.52. The number of anilines is 1. The number of halogens is 1. The minimum absolute atomic E-state index is 0.109. The molecule has 0 aliphatic heterocycles. The number of nitrogens with one attached hydrogen (secondary N) is 1. The fourth-order valence-corrected chi connectivity index (χ4v) is 2.48. The van der Waals surface area contributed by atoms with Gasteiger partial charge >= 0.3 is 0 Å². The first-order chi connectivity index (χ1) is 10.2. The van der Waals surface area contributed by atoms with Crippen molar-refractivity contribution in [2.45, 2.75) is 27.7 Å². The van der Waals surface area contributed by atoms with Gasteiger partial charge < -0.3 is 14.5 Å². The third-order valence-electron chi connectivity index (χ3n) is 3.21. The van der Waals surface area contributed by atoms with Crippen LogP contribution in [0.1, 0.15) is 38.2 Å². The van der Waals surface area contributed by atoms with Crippen LogP contribution in [0.2, 0.25) is 0 Å². The van der Waals surface area contributed by atoms with Crippen molar-refractivity contribution in [3.05, 3.63) is 22.4 Å². The highest BCUT2D eigenvalue weighted by molar-refractivity contribution is 9.10. The molecule has 1 aromatic carbocycles. The SMILES string of the molecule is COc1ccc(Br)c2c(NC(=O)C(C)(C)C)c(C(C)=O)oc12. The number of amides is 1. The van der Waals surface area contributed by atoms with E-state index in [4.69, 9.17) is 9.15 Å². The molecule has 1 heterocycles. The summed E-state index contributed by atoms with van der Waals surface area (Å²) in [5.41, 5.74) is 0.197. The van der Waals surface area contributed by atoms with Gasteiger partial charge in [0.1, 0.15) is 5.69 Å². The Labute approximate surface area is 137 Å². The van der Waals surface area contributed by atoms with Gasteiger partial charge in [0.15, 0.2) is 22.9 Å². The Morgan fingerprint density at radius 1 is 1.27 bits per heavy atom. The fraction of sp³-hybridized carbons (Fsp3) is 0.375. The van der Waals surface area contributed by atoms with E-state index in [0.717, 1.165) is 0 Å². The number of benzene rings is 1. The second-order valence-electron chi connectivity index (χ2n) is 6.02. The van der Waals surface area contributed by atoms with E-state index in [0.29, 0.717) is 26.9 Å². The third-order valence-corrected chi connectivity index (χ3v) is 3.87. The normalized spacial score (nSPS) is 11.5. The number of fused-ring (bicyclic) bond motifs is 1. The molecule has 5 nitrogen and oxygen atoms in total. The lowest BCUT2D eigenvalue weighted by Crippen LogP contribution is -2.28. The van der Waals surface area contributed by atoms with E-state index in [1.54, 1.807) is 32.9 Å². The lowest BCUT2D eigenvalue weighted by molar-refractivity contribution is -0.123. The largest absolute Gasteiger partial charge is 0.493 e. The summed E-state index contributed by atoms with van der Waals surface area (Å²) >= 11 is 3.44. The van der Waals surface area contributed by atoms with Crippen LogP contribution in [0.15, 0.2) is 21.0 Å². The molecular formula is C16H18BrNO4. The molecule has 1 aromatic heterocycles. The first-order valence-electron chi connectivity index (χ1n) is 6.78. The lowest BCUT2D eigenvalue weighted by atomic mass is 9.95. The molecule has 0 unspecified atom stereocenters. The Bertz CT molecular complexity index is 756. The highest BCUT2D eigenvalue weighted by atomic mass is 79.9. The summed E-state index contributed by atoms with van der Waals surface area (Å²) in [6.07, 6.45) is 0. The minimum atomic E-state index is -0.594. The number of rotatable bonds is 3. The first kappa shape index (κ1) is 16.5. The van der Waals surface area contributed by atoms with E-state index in [-0.39, 0.29) is 17.5 Å². The van der Waals surface area contributed by atoms with E-state index in [1.165, 1.54) is 14.0 Å². The van der Waals surface area contributed by atoms with Gasteiger partial charge in [-0.2, -0.15) is 0 Å². The van der Waals surface area contributed by atoms with Crippen molar-refractivity contribution in [3.63, 3.8) is 0 Å². The molecule has 22 heavy (non-hydrogen) atoms. The van der Waals surface area contributed by atoms with Gasteiger partial charge in [-0.15, -0.1) is 0 Å². The predicted octanol–water partition coefficient (Wildman–Crippen LogP) is 4.39. The topological polar surface area (TPSA) is 68.5 Å². The van der Waals surface area contributed by atoms with Crippen molar-refractivity contribution < 1.29 is 18.7 Å². The van der Waals surface area contributed by atoms with Gasteiger partial charge in [-0.1, -0.05) is 20.8 Å². The summed E-state index contributed by atoms with van der Waals surface area (Å²) in [6, 6.07) is 3.52. The molecule has 0 spiro atoms. The molecule has 0 saturated carbocycles. The van der Waals surface area contributed by atoms with Crippen molar-refractivity contribution in [1.29, 1.82) is 0 Å². The van der Waals surface area contributed by atoms with Crippen LogP contribution in [0.3, 0.4) is 0 Å². The maximum Gasteiger partial charge on any atom is 0.229 e. The molecule has 118 valence electrons. The zero-order valence-corrected chi connectivity index (χ0v) is 14.8. The van der Waals surface area contributed by atoms with E-state index >= 15 is 0 Å². The summed E-state index contributed by atoms with van der Waals surface area (Å²) < 4.78 is 11.6. The van der Waals surface area contributed by atoms with E-state index in [2.05, 4.69) is 21.2 Å². The van der Waals surface area contributed by atoms with Crippen molar-refractivity contribution >= 4 is 44.3 Å². The van der Waals surface area contributed by atoms with Gasteiger partial charge in [0.25, 0.3) is 0 Å². The average Bonchev–Trinajstić information content (AvgIpc) is 2.79. The minimum Gasteiger partial charge on any atom is -0.493 e. The fourth-order valence-electron chi connectivity index (χ4n) is 1.97. The molecule has 0 atom stereocenters. The van der Waals surface area contributed by atoms with E-state index in [1.807, 2.05) is 0 Å². The molecule has 0 fully saturated rings. The maximum absolute atomic E-state index is 12.3. The Balaban J connectivity index is 2.72. The highest BCUT2D eigenvalue weighted by Crippen LogP contribution is 2.41. The van der Waals surface area contributed by atoms with Gasteiger partial charge in [-0.25, -0.2) is 0 Å². The van der Waals surface area contributed by atoms with Crippen LogP contribution in [0.4, 0.5) is 5.69 Å². The molecular weight excluding hydrogens is 350 g/mol. The Kier molecular flexibility index (Phi) is 4.33. The van der Waals surface area contributed by atoms with Crippen LogP contribution >= 0.6 is 15.9 Å². The molecule has 6 heteroatoms. The molecule has 0 bridgehead atoms. The second kappa shape index (κ2) is 5.76. The van der Waals surface area contributed by atoms with Crippen LogP contribution in [0, 0.1) is 5.41 Å². The van der Waals surface area contributed by atoms with E-state index < -0.39 is 5.41 Å². The Morgan fingerprint density at radius 2 is 1.91 bits per heavy atom. The predicted molar refractivity (Wildman–Crippen MR) is 88.6 cm³/mol. The number of hydrogen-bond acceptors (Lipinski definition) is 4. The standard InChI is InChI=1S/C16H18BrNO4/c1-8(19)13-12(18-15(20)16(2,3)4)11-9(17)6-7-10(21-5)14(11)22-13/h6-7H,1-5H3,(H,18,20). The first-order valence-corrected chi connectivity index (χ1v) is 7.57. The number of carbonyl (C=O) groups excluding carboxylic acids is 2. The molecule has 1 amide bonds. The van der Waals surface area contributed by atoms with Crippen molar-refractivity contribution in [1.82, 2.24) is 0 Å². The summed E-state index contributed by atoms with van der Waals surface area (Å²) in [6.45, 7) is 6.79. The number of Topliss-reactive ketones (excluding diaryl/α,β-unsaturated/α-hetero) is 1. The average molecular weight is 368 g/mol. The van der Waals surface area contributed by atoms with Crippen molar-refractivity contribution in [2.24, 2.45) is 5.41 Å². The van der Waals surface area contributed by atoms with Crippen LogP contribution < -0.4 is 10.1 Å². The van der Waals surface area contributed by atoms with Crippen LogP contribution in [0.5, 0.6) is 5.75 Å².